The van der Waals surface area contributed by atoms with Gasteiger partial charge < -0.3 is 9.42 Å². The molecule has 0 aliphatic carbocycles. The van der Waals surface area contributed by atoms with E-state index in [9.17, 15) is 9.46 Å². The van der Waals surface area contributed by atoms with Gasteiger partial charge in [0.25, 0.3) is 0 Å². The Morgan fingerprint density at radius 2 is 1.92 bits per heavy atom. The van der Waals surface area contributed by atoms with Crippen molar-refractivity contribution < 1.29 is 43.5 Å². The summed E-state index contributed by atoms with van der Waals surface area (Å²) in [4.78, 5) is 9.99. The van der Waals surface area contributed by atoms with Crippen molar-refractivity contribution in [1.29, 1.82) is 0 Å². The van der Waals surface area contributed by atoms with Crippen molar-refractivity contribution in [3.63, 3.8) is 0 Å². The molecule has 0 amide bonds. The van der Waals surface area contributed by atoms with Crippen LogP contribution < -0.4 is 34.5 Å². The number of hydrogen-bond acceptors (Lipinski definition) is 3. The van der Waals surface area contributed by atoms with E-state index < -0.39 is 8.25 Å². The van der Waals surface area contributed by atoms with E-state index in [4.69, 9.17) is 0 Å². The van der Waals surface area contributed by atoms with Crippen molar-refractivity contribution >= 4 is 14.3 Å². The Balaban J connectivity index is 0.00000144. The van der Waals surface area contributed by atoms with Crippen molar-refractivity contribution in [3.05, 3.63) is 42.2 Å². The topological polar surface area (TPSA) is 49.4 Å². The average molecular weight is 206 g/mol. The van der Waals surface area contributed by atoms with E-state index in [-0.39, 0.29) is 29.6 Å². The summed E-state index contributed by atoms with van der Waals surface area (Å²) >= 11 is 0. The Bertz CT molecular complexity index is 287. The summed E-state index contributed by atoms with van der Waals surface area (Å²) in [7, 11) is -3.09. The Morgan fingerprint density at radius 3 is 2.46 bits per heavy atom. The van der Waals surface area contributed by atoms with Crippen LogP contribution in [0.5, 0.6) is 0 Å². The van der Waals surface area contributed by atoms with E-state index in [2.05, 4.69) is 4.52 Å². The van der Waals surface area contributed by atoms with Crippen LogP contribution in [-0.2, 0) is 9.09 Å². The monoisotopic (exact) mass is 206 g/mol. The van der Waals surface area contributed by atoms with Gasteiger partial charge in [0.15, 0.2) is 8.25 Å². The third kappa shape index (κ3) is 6.08. The van der Waals surface area contributed by atoms with Gasteiger partial charge in [-0.25, -0.2) is 0 Å². The molecule has 13 heavy (non-hydrogen) atoms. The van der Waals surface area contributed by atoms with Crippen molar-refractivity contribution in [1.82, 2.24) is 0 Å². The number of hydrogen-bond donors (Lipinski definition) is 0. The van der Waals surface area contributed by atoms with Crippen LogP contribution >= 0.6 is 8.25 Å². The van der Waals surface area contributed by atoms with Crippen molar-refractivity contribution in [2.45, 2.75) is 0 Å². The van der Waals surface area contributed by atoms with Gasteiger partial charge in [-0.15, -0.1) is 0 Å². The first kappa shape index (κ1) is 12.9. The van der Waals surface area contributed by atoms with Gasteiger partial charge >= 0.3 is 29.6 Å². The quantitative estimate of drug-likeness (QED) is 0.341. The zero-order chi connectivity index (χ0) is 8.81. The van der Waals surface area contributed by atoms with Gasteiger partial charge in [-0.2, -0.15) is 0 Å². The van der Waals surface area contributed by atoms with Crippen LogP contribution in [0.1, 0.15) is 5.56 Å². The maximum atomic E-state index is 9.99. The Morgan fingerprint density at radius 1 is 1.31 bits per heavy atom. The second-order valence-electron chi connectivity index (χ2n) is 2.08. The summed E-state index contributed by atoms with van der Waals surface area (Å²) in [5, 5.41) is 0. The molecule has 1 aromatic carbocycles. The van der Waals surface area contributed by atoms with Crippen LogP contribution in [0.15, 0.2) is 36.6 Å². The largest absolute Gasteiger partial charge is 1.00 e. The summed E-state index contributed by atoms with van der Waals surface area (Å²) in [5.74, 6) is 0. The maximum Gasteiger partial charge on any atom is 1.00 e. The second-order valence-corrected chi connectivity index (χ2v) is 2.82. The summed E-state index contributed by atoms with van der Waals surface area (Å²) in [5.41, 5.74) is 0.903. The van der Waals surface area contributed by atoms with E-state index in [1.165, 1.54) is 0 Å². The molecule has 0 spiro atoms. The van der Waals surface area contributed by atoms with Crippen LogP contribution in [-0.4, -0.2) is 0 Å². The zero-order valence-electron chi connectivity index (χ0n) is 7.27. The molecule has 0 aliphatic heterocycles. The molecule has 0 radical (unpaired) electrons. The maximum absolute atomic E-state index is 9.99. The summed E-state index contributed by atoms with van der Waals surface area (Å²) in [6, 6.07) is 9.30. The predicted molar refractivity (Wildman–Crippen MR) is 45.6 cm³/mol. The van der Waals surface area contributed by atoms with Gasteiger partial charge in [0.2, 0.25) is 0 Å². The molecule has 64 valence electrons. The fraction of sp³-hybridized carbons (Fsp3) is 0. The first-order valence-electron chi connectivity index (χ1n) is 3.38. The van der Waals surface area contributed by atoms with Gasteiger partial charge in [0, 0.05) is 0 Å². The molecule has 0 aliphatic rings. The SMILES string of the molecule is O=[PH]([O-])OC=Cc1ccccc1.[Na+]. The molecule has 0 bridgehead atoms. The summed E-state index contributed by atoms with van der Waals surface area (Å²) in [6.45, 7) is 0. The number of benzene rings is 1. The van der Waals surface area contributed by atoms with Gasteiger partial charge in [-0.3, -0.25) is 4.57 Å². The normalized spacial score (nSPS) is 12.1. The molecule has 0 heterocycles. The van der Waals surface area contributed by atoms with Gasteiger partial charge in [-0.1, -0.05) is 30.3 Å². The standard InChI is InChI=1S/C8H9O3P.Na/c9-12(10)11-7-6-8-4-2-1-3-5-8;/h1-7,12H,(H,9,10);/q;+1/p-1. The van der Waals surface area contributed by atoms with E-state index in [1.807, 2.05) is 30.3 Å². The molecule has 1 rings (SSSR count). The molecular weight excluding hydrogens is 198 g/mol. The Hall–Kier alpha value is -0.0500. The van der Waals surface area contributed by atoms with Gasteiger partial charge in [0.1, 0.15) is 0 Å². The first-order valence-corrected chi connectivity index (χ1v) is 4.61. The van der Waals surface area contributed by atoms with Crippen molar-refractivity contribution in [2.24, 2.45) is 0 Å². The van der Waals surface area contributed by atoms with Crippen molar-refractivity contribution in [3.8, 4) is 0 Å². The molecule has 3 nitrogen and oxygen atoms in total. The molecule has 0 N–H and O–H groups in total. The van der Waals surface area contributed by atoms with Crippen LogP contribution in [0.2, 0.25) is 0 Å². The molecular formula is C8H8NaO3P. The molecule has 5 heteroatoms. The third-order valence-corrected chi connectivity index (χ3v) is 1.55. The minimum absolute atomic E-state index is 0. The smallest absolute Gasteiger partial charge is 0.771 e. The Labute approximate surface area is 99.7 Å². The summed E-state index contributed by atoms with van der Waals surface area (Å²) in [6.07, 6.45) is 2.74. The number of rotatable bonds is 3. The van der Waals surface area contributed by atoms with E-state index >= 15 is 0 Å². The van der Waals surface area contributed by atoms with Crippen LogP contribution in [0.3, 0.4) is 0 Å². The van der Waals surface area contributed by atoms with Crippen LogP contribution in [0, 0.1) is 0 Å². The molecule has 1 unspecified atom stereocenters. The second kappa shape index (κ2) is 7.36. The fourth-order valence-electron chi connectivity index (χ4n) is 0.732. The van der Waals surface area contributed by atoms with E-state index in [1.54, 1.807) is 6.08 Å². The summed E-state index contributed by atoms with van der Waals surface area (Å²) < 4.78 is 14.2. The van der Waals surface area contributed by atoms with Gasteiger partial charge in [-0.05, 0) is 11.6 Å². The van der Waals surface area contributed by atoms with E-state index in [0.717, 1.165) is 11.8 Å². The molecule has 1 atom stereocenters. The van der Waals surface area contributed by atoms with Crippen LogP contribution in [0.25, 0.3) is 6.08 Å². The molecule has 0 aromatic heterocycles. The Kier molecular flexibility index (Phi) is 7.33. The average Bonchev–Trinajstić information content (AvgIpc) is 2.05. The predicted octanol–water partition coefficient (Wildman–Crippen LogP) is -1.57. The molecule has 1 aromatic rings. The minimum Gasteiger partial charge on any atom is -0.771 e. The third-order valence-electron chi connectivity index (χ3n) is 1.22. The zero-order valence-corrected chi connectivity index (χ0v) is 10.3. The fourth-order valence-corrected chi connectivity index (χ4v) is 0.911. The van der Waals surface area contributed by atoms with Crippen molar-refractivity contribution in [2.75, 3.05) is 0 Å². The minimum atomic E-state index is -3.09. The molecule has 0 saturated carbocycles. The van der Waals surface area contributed by atoms with Gasteiger partial charge in [0.05, 0.1) is 6.26 Å². The molecule has 0 saturated heterocycles. The first-order chi connectivity index (χ1) is 5.79. The molecule has 0 fully saturated rings. The van der Waals surface area contributed by atoms with Crippen LogP contribution in [0.4, 0.5) is 0 Å². The van der Waals surface area contributed by atoms with E-state index in [0.29, 0.717) is 0 Å².